The molecule has 4 aromatic carbocycles. The molecule has 4 rings (SSSR count). The average molecular weight is 503 g/mol. The van der Waals surface area contributed by atoms with Crippen LogP contribution in [0.25, 0.3) is 22.3 Å². The normalized spacial score (nSPS) is 12.2. The van der Waals surface area contributed by atoms with Gasteiger partial charge in [-0.15, -0.1) is 0 Å². The molecule has 0 saturated heterocycles. The second-order valence-corrected chi connectivity index (χ2v) is 10.6. The molecule has 36 heavy (non-hydrogen) atoms. The van der Waals surface area contributed by atoms with Crippen molar-refractivity contribution in [3.63, 3.8) is 0 Å². The lowest BCUT2D eigenvalue weighted by atomic mass is 9.91. The number of hydrogen-bond acceptors (Lipinski definition) is 5. The predicted molar refractivity (Wildman–Crippen MR) is 144 cm³/mol. The van der Waals surface area contributed by atoms with Crippen molar-refractivity contribution in [2.45, 2.75) is 33.5 Å². The Morgan fingerprint density at radius 2 is 1.39 bits per heavy atom. The van der Waals surface area contributed by atoms with Gasteiger partial charge in [-0.25, -0.2) is 0 Å². The molecular weight excluding hydrogens is 472 g/mol. The second kappa shape index (κ2) is 10.6. The van der Waals surface area contributed by atoms with E-state index in [4.69, 9.17) is 8.92 Å². The van der Waals surface area contributed by atoms with Crippen molar-refractivity contribution in [2.24, 2.45) is 0 Å². The van der Waals surface area contributed by atoms with Gasteiger partial charge < -0.3 is 14.0 Å². The van der Waals surface area contributed by atoms with Gasteiger partial charge in [-0.3, -0.25) is 0 Å². The summed E-state index contributed by atoms with van der Waals surface area (Å²) in [6.07, 6.45) is 0.349. The van der Waals surface area contributed by atoms with Crippen LogP contribution >= 0.6 is 0 Å². The minimum atomic E-state index is -3.56. The van der Waals surface area contributed by atoms with Crippen LogP contribution in [0.15, 0.2) is 84.9 Å². The summed E-state index contributed by atoms with van der Waals surface area (Å²) >= 11 is 0. The zero-order chi connectivity index (χ0) is 25.9. The van der Waals surface area contributed by atoms with E-state index in [1.54, 1.807) is 19.1 Å². The van der Waals surface area contributed by atoms with Gasteiger partial charge in [0.2, 0.25) is 0 Å². The van der Waals surface area contributed by atoms with Gasteiger partial charge in [0.1, 0.15) is 18.1 Å². The Balaban J connectivity index is 1.62. The number of rotatable bonds is 8. The monoisotopic (exact) mass is 502 g/mol. The number of hydrogen-bond donors (Lipinski definition) is 1. The number of aliphatic hydroxyl groups is 1. The van der Waals surface area contributed by atoms with Crippen molar-refractivity contribution in [3.05, 3.63) is 107 Å². The number of aliphatic hydroxyl groups excluding tert-OH is 1. The summed E-state index contributed by atoms with van der Waals surface area (Å²) < 4.78 is 33.7. The summed E-state index contributed by atoms with van der Waals surface area (Å²) in [5, 5.41) is 10.5. The maximum atomic E-state index is 11.4. The van der Waals surface area contributed by atoms with Crippen molar-refractivity contribution in [2.75, 3.05) is 6.26 Å². The highest BCUT2D eigenvalue weighted by Crippen LogP contribution is 2.36. The third-order valence-electron chi connectivity index (χ3n) is 5.99. The molecule has 0 bridgehead atoms. The van der Waals surface area contributed by atoms with E-state index in [-0.39, 0.29) is 5.75 Å². The largest absolute Gasteiger partial charge is 0.489 e. The van der Waals surface area contributed by atoms with Crippen LogP contribution in [0.1, 0.15) is 35.3 Å². The van der Waals surface area contributed by atoms with E-state index in [1.165, 1.54) is 0 Å². The first-order chi connectivity index (χ1) is 17.1. The lowest BCUT2D eigenvalue weighted by molar-refractivity contribution is 0.190. The van der Waals surface area contributed by atoms with Gasteiger partial charge in [-0.2, -0.15) is 8.42 Å². The van der Waals surface area contributed by atoms with E-state index in [2.05, 4.69) is 19.1 Å². The molecule has 1 unspecified atom stereocenters. The third-order valence-corrected chi connectivity index (χ3v) is 6.49. The topological polar surface area (TPSA) is 72.8 Å². The fourth-order valence-corrected chi connectivity index (χ4v) is 4.67. The predicted octanol–water partition coefficient (Wildman–Crippen LogP) is 6.61. The molecule has 5 nitrogen and oxygen atoms in total. The molecule has 0 aliphatic rings. The first-order valence-electron chi connectivity index (χ1n) is 11.7. The van der Waals surface area contributed by atoms with Crippen molar-refractivity contribution in [1.82, 2.24) is 0 Å². The number of benzene rings is 4. The summed E-state index contributed by atoms with van der Waals surface area (Å²) in [4.78, 5) is 0. The van der Waals surface area contributed by atoms with Crippen molar-refractivity contribution < 1.29 is 22.4 Å². The Kier molecular flexibility index (Phi) is 7.48. The number of ether oxygens (including phenoxy) is 1. The SMILES string of the molecule is Cc1cc(-c2ccc(OCc3ccccc3)c(C(C)O)c2)c(C)cc1-c1ccc(OS(C)(=O)=O)cc1. The molecule has 0 aliphatic heterocycles. The van der Waals surface area contributed by atoms with Crippen LogP contribution in [0, 0.1) is 13.8 Å². The fourth-order valence-electron chi connectivity index (χ4n) is 4.21. The highest BCUT2D eigenvalue weighted by atomic mass is 32.2. The molecule has 0 amide bonds. The van der Waals surface area contributed by atoms with E-state index < -0.39 is 16.2 Å². The molecular formula is C30H30O5S. The van der Waals surface area contributed by atoms with Crippen molar-refractivity contribution >= 4 is 10.1 Å². The highest BCUT2D eigenvalue weighted by molar-refractivity contribution is 7.86. The summed E-state index contributed by atoms with van der Waals surface area (Å²) in [7, 11) is -3.56. The molecule has 0 radical (unpaired) electrons. The van der Waals surface area contributed by atoms with E-state index >= 15 is 0 Å². The maximum Gasteiger partial charge on any atom is 0.306 e. The zero-order valence-electron chi connectivity index (χ0n) is 20.9. The van der Waals surface area contributed by atoms with Gasteiger partial charge in [0, 0.05) is 5.56 Å². The van der Waals surface area contributed by atoms with E-state index in [0.29, 0.717) is 12.4 Å². The summed E-state index contributed by atoms with van der Waals surface area (Å²) in [6, 6.07) is 27.1. The summed E-state index contributed by atoms with van der Waals surface area (Å²) in [6.45, 7) is 6.28. The highest BCUT2D eigenvalue weighted by Gasteiger charge is 2.15. The Bertz CT molecular complexity index is 1460. The molecule has 1 atom stereocenters. The second-order valence-electron chi connectivity index (χ2n) is 9.00. The Morgan fingerprint density at radius 1 is 0.806 bits per heavy atom. The first-order valence-corrected chi connectivity index (χ1v) is 13.5. The minimum absolute atomic E-state index is 0.285. The molecule has 0 saturated carbocycles. The average Bonchev–Trinajstić information content (AvgIpc) is 2.84. The lowest BCUT2D eigenvalue weighted by Gasteiger charge is -2.17. The molecule has 6 heteroatoms. The molecule has 4 aromatic rings. The van der Waals surface area contributed by atoms with Gasteiger partial charge in [0.15, 0.2) is 0 Å². The Morgan fingerprint density at radius 3 is 1.97 bits per heavy atom. The van der Waals surface area contributed by atoms with Crippen LogP contribution < -0.4 is 8.92 Å². The molecule has 0 aromatic heterocycles. The summed E-state index contributed by atoms with van der Waals surface area (Å²) in [5.74, 6) is 0.951. The molecule has 0 spiro atoms. The van der Waals surface area contributed by atoms with E-state index in [9.17, 15) is 13.5 Å². The third kappa shape index (κ3) is 6.14. The van der Waals surface area contributed by atoms with Gasteiger partial charge >= 0.3 is 10.1 Å². The van der Waals surface area contributed by atoms with Gasteiger partial charge in [-0.1, -0.05) is 60.7 Å². The van der Waals surface area contributed by atoms with Crippen LogP contribution in [0.4, 0.5) is 0 Å². The van der Waals surface area contributed by atoms with Gasteiger partial charge in [0.05, 0.1) is 12.4 Å². The fraction of sp³-hybridized carbons (Fsp3) is 0.200. The van der Waals surface area contributed by atoms with Crippen LogP contribution in [0.2, 0.25) is 0 Å². The van der Waals surface area contributed by atoms with Crippen LogP contribution in [0.3, 0.4) is 0 Å². The molecule has 0 heterocycles. The molecule has 0 fully saturated rings. The Hall–Kier alpha value is -3.61. The smallest absolute Gasteiger partial charge is 0.306 e. The zero-order valence-corrected chi connectivity index (χ0v) is 21.7. The van der Waals surface area contributed by atoms with Crippen molar-refractivity contribution in [3.8, 4) is 33.8 Å². The van der Waals surface area contributed by atoms with Gasteiger partial charge in [0.25, 0.3) is 0 Å². The van der Waals surface area contributed by atoms with Crippen LogP contribution in [-0.2, 0) is 16.7 Å². The first kappa shape index (κ1) is 25.5. The minimum Gasteiger partial charge on any atom is -0.489 e. The summed E-state index contributed by atoms with van der Waals surface area (Å²) in [5.41, 5.74) is 8.07. The van der Waals surface area contributed by atoms with Crippen molar-refractivity contribution in [1.29, 1.82) is 0 Å². The van der Waals surface area contributed by atoms with Crippen LogP contribution in [-0.4, -0.2) is 19.8 Å². The quantitative estimate of drug-likeness (QED) is 0.275. The van der Waals surface area contributed by atoms with Gasteiger partial charge in [-0.05, 0) is 84.0 Å². The lowest BCUT2D eigenvalue weighted by Crippen LogP contribution is -2.05. The standard InChI is InChI=1S/C30H30O5S/c1-20-17-28(21(2)16-27(20)24-10-13-26(14-11-24)35-36(4,32)33)25-12-15-30(29(18-25)22(3)31)34-19-23-8-6-5-7-9-23/h5-18,22,31H,19H2,1-4H3. The number of aryl methyl sites for hydroxylation is 2. The molecule has 0 aliphatic carbocycles. The van der Waals surface area contributed by atoms with Crippen LogP contribution in [0.5, 0.6) is 11.5 Å². The Labute approximate surface area is 213 Å². The van der Waals surface area contributed by atoms with E-state index in [1.807, 2.05) is 67.6 Å². The molecule has 1 N–H and O–H groups in total. The maximum absolute atomic E-state index is 11.4. The molecule has 186 valence electrons. The van der Waals surface area contributed by atoms with E-state index in [0.717, 1.165) is 50.8 Å².